The molecule has 2 nitrogen and oxygen atoms in total. The van der Waals surface area contributed by atoms with Crippen molar-refractivity contribution in [2.75, 3.05) is 6.61 Å². The number of hydrogen-bond acceptors (Lipinski definition) is 2. The lowest BCUT2D eigenvalue weighted by atomic mass is 10.0. The van der Waals surface area contributed by atoms with Gasteiger partial charge in [0.1, 0.15) is 0 Å². The molecule has 0 aromatic carbocycles. The van der Waals surface area contributed by atoms with Gasteiger partial charge in [-0.2, -0.15) is 0 Å². The highest BCUT2D eigenvalue weighted by Gasteiger charge is 2.10. The molecule has 0 radical (unpaired) electrons. The molecule has 2 heteroatoms. The van der Waals surface area contributed by atoms with E-state index in [9.17, 15) is 4.79 Å². The van der Waals surface area contributed by atoms with Crippen molar-refractivity contribution in [3.05, 3.63) is 24.5 Å². The van der Waals surface area contributed by atoms with Crippen LogP contribution in [0.2, 0.25) is 0 Å². The second-order valence-corrected chi connectivity index (χ2v) is 2.53. The summed E-state index contributed by atoms with van der Waals surface area (Å²) < 4.78 is 5.03. The van der Waals surface area contributed by atoms with Crippen LogP contribution in [0.1, 0.15) is 19.3 Å². The van der Waals surface area contributed by atoms with E-state index in [1.165, 1.54) is 0 Å². The van der Waals surface area contributed by atoms with E-state index in [1.807, 2.05) is 0 Å². The van der Waals surface area contributed by atoms with Gasteiger partial charge in [0.2, 0.25) is 0 Å². The number of allylic oxidation sites excluding steroid dienone is 2. The molecule has 0 atom stereocenters. The van der Waals surface area contributed by atoms with Crippen LogP contribution >= 0.6 is 0 Å². The van der Waals surface area contributed by atoms with Crippen LogP contribution in [0.25, 0.3) is 0 Å². The van der Waals surface area contributed by atoms with Gasteiger partial charge in [-0.25, -0.2) is 0 Å². The largest absolute Gasteiger partial charge is 0.501 e. The van der Waals surface area contributed by atoms with Gasteiger partial charge in [0.25, 0.3) is 0 Å². The molecule has 1 aliphatic rings. The van der Waals surface area contributed by atoms with Crippen molar-refractivity contribution in [3.63, 3.8) is 0 Å². The summed E-state index contributed by atoms with van der Waals surface area (Å²) >= 11 is 0. The first-order valence-electron chi connectivity index (χ1n) is 3.79. The zero-order valence-corrected chi connectivity index (χ0v) is 6.51. The Labute approximate surface area is 66.5 Å². The molecule has 0 amide bonds. The molecule has 0 spiro atoms. The highest BCUT2D eigenvalue weighted by molar-refractivity contribution is 5.96. The molecule has 0 aromatic rings. The molecular weight excluding hydrogens is 140 g/mol. The maximum Gasteiger partial charge on any atom is 0.165 e. The van der Waals surface area contributed by atoms with Crippen molar-refractivity contribution in [2.45, 2.75) is 19.3 Å². The Kier molecular flexibility index (Phi) is 2.90. The molecule has 1 rings (SSSR count). The fourth-order valence-corrected chi connectivity index (χ4v) is 1.03. The van der Waals surface area contributed by atoms with E-state index in [1.54, 1.807) is 12.3 Å². The topological polar surface area (TPSA) is 26.3 Å². The van der Waals surface area contributed by atoms with E-state index >= 15 is 0 Å². The van der Waals surface area contributed by atoms with Crippen LogP contribution in [0.4, 0.5) is 0 Å². The van der Waals surface area contributed by atoms with Gasteiger partial charge in [-0.3, -0.25) is 4.79 Å². The third-order valence-electron chi connectivity index (χ3n) is 1.62. The summed E-state index contributed by atoms with van der Waals surface area (Å²) in [6, 6.07) is 0. The average Bonchev–Trinajstić information content (AvgIpc) is 2.07. The van der Waals surface area contributed by atoms with E-state index in [-0.39, 0.29) is 5.78 Å². The van der Waals surface area contributed by atoms with Gasteiger partial charge in [-0.05, 0) is 12.8 Å². The minimum absolute atomic E-state index is 0.139. The maximum absolute atomic E-state index is 11.2. The Bertz CT molecular complexity index is 192. The summed E-state index contributed by atoms with van der Waals surface area (Å²) in [6.07, 6.45) is 5.43. The monoisotopic (exact) mass is 152 g/mol. The van der Waals surface area contributed by atoms with Crippen LogP contribution < -0.4 is 0 Å². The minimum Gasteiger partial charge on any atom is -0.501 e. The fourth-order valence-electron chi connectivity index (χ4n) is 1.03. The molecule has 0 saturated carbocycles. The van der Waals surface area contributed by atoms with Crippen molar-refractivity contribution in [1.82, 2.24) is 0 Å². The fraction of sp³-hybridized carbons (Fsp3) is 0.444. The number of ketones is 1. The zero-order valence-electron chi connectivity index (χ0n) is 6.51. The van der Waals surface area contributed by atoms with Crippen LogP contribution in [0, 0.1) is 0 Å². The molecule has 0 aliphatic carbocycles. The first-order chi connectivity index (χ1) is 5.34. The average molecular weight is 152 g/mol. The van der Waals surface area contributed by atoms with E-state index in [0.717, 1.165) is 25.0 Å². The lowest BCUT2D eigenvalue weighted by Gasteiger charge is -2.11. The number of rotatable bonds is 3. The molecule has 0 saturated heterocycles. The Morgan fingerprint density at radius 2 is 2.64 bits per heavy atom. The summed E-state index contributed by atoms with van der Waals surface area (Å²) in [5, 5.41) is 0. The number of hydrogen-bond donors (Lipinski definition) is 0. The molecule has 0 unspecified atom stereocenters. The molecule has 1 aliphatic heterocycles. The van der Waals surface area contributed by atoms with Crippen molar-refractivity contribution in [3.8, 4) is 0 Å². The van der Waals surface area contributed by atoms with Gasteiger partial charge >= 0.3 is 0 Å². The van der Waals surface area contributed by atoms with E-state index < -0.39 is 0 Å². The first kappa shape index (κ1) is 8.05. The highest BCUT2D eigenvalue weighted by atomic mass is 16.5. The summed E-state index contributed by atoms with van der Waals surface area (Å²) in [7, 11) is 0. The summed E-state index contributed by atoms with van der Waals surface area (Å²) in [5.41, 5.74) is 0.802. The molecule has 0 fully saturated rings. The number of ether oxygens (including phenoxy) is 1. The molecule has 0 aromatic heterocycles. The minimum atomic E-state index is 0.139. The van der Waals surface area contributed by atoms with Gasteiger partial charge in [0.15, 0.2) is 5.78 Å². The Balaban J connectivity index is 2.50. The quantitative estimate of drug-likeness (QED) is 0.576. The summed E-state index contributed by atoms with van der Waals surface area (Å²) in [4.78, 5) is 11.2. The van der Waals surface area contributed by atoms with Crippen molar-refractivity contribution in [2.24, 2.45) is 0 Å². The van der Waals surface area contributed by atoms with Crippen LogP contribution in [-0.4, -0.2) is 12.4 Å². The first-order valence-corrected chi connectivity index (χ1v) is 3.79. The Morgan fingerprint density at radius 3 is 3.18 bits per heavy atom. The van der Waals surface area contributed by atoms with E-state index in [0.29, 0.717) is 6.42 Å². The molecular formula is C9H12O2. The van der Waals surface area contributed by atoms with Crippen molar-refractivity contribution in [1.29, 1.82) is 0 Å². The van der Waals surface area contributed by atoms with E-state index in [4.69, 9.17) is 4.74 Å². The number of carbonyl (C=O) groups is 1. The van der Waals surface area contributed by atoms with Crippen LogP contribution in [0.3, 0.4) is 0 Å². The number of Topliss-reactive ketones (excluding diaryl/α,β-unsaturated/α-hetero) is 1. The Morgan fingerprint density at radius 1 is 1.82 bits per heavy atom. The molecule has 60 valence electrons. The van der Waals surface area contributed by atoms with Gasteiger partial charge < -0.3 is 4.74 Å². The lowest BCUT2D eigenvalue weighted by molar-refractivity contribution is -0.115. The predicted octanol–water partition coefficient (Wildman–Crippen LogP) is 1.83. The smallest absolute Gasteiger partial charge is 0.165 e. The van der Waals surface area contributed by atoms with Crippen molar-refractivity contribution < 1.29 is 9.53 Å². The molecule has 0 N–H and O–H groups in total. The molecule has 0 bridgehead atoms. The SMILES string of the molecule is C=CCC(=O)C1=COCCC1. The van der Waals surface area contributed by atoms with Crippen LogP contribution in [0.15, 0.2) is 24.5 Å². The second-order valence-electron chi connectivity index (χ2n) is 2.53. The Hall–Kier alpha value is -1.05. The van der Waals surface area contributed by atoms with E-state index in [2.05, 4.69) is 6.58 Å². The third kappa shape index (κ3) is 2.22. The maximum atomic E-state index is 11.2. The van der Waals surface area contributed by atoms with Gasteiger partial charge in [0, 0.05) is 12.0 Å². The lowest BCUT2D eigenvalue weighted by Crippen LogP contribution is -2.07. The normalized spacial score (nSPS) is 16.5. The van der Waals surface area contributed by atoms with Gasteiger partial charge in [-0.15, -0.1) is 6.58 Å². The number of carbonyl (C=O) groups excluding carboxylic acids is 1. The van der Waals surface area contributed by atoms with Gasteiger partial charge in [0.05, 0.1) is 12.9 Å². The molecule has 1 heterocycles. The summed E-state index contributed by atoms with van der Waals surface area (Å²) in [5.74, 6) is 0.139. The van der Waals surface area contributed by atoms with Gasteiger partial charge in [-0.1, -0.05) is 6.08 Å². The standard InChI is InChI=1S/C9H12O2/c1-2-4-9(10)8-5-3-6-11-7-8/h2,7H,1,3-6H2. The third-order valence-corrected chi connectivity index (χ3v) is 1.62. The second kappa shape index (κ2) is 3.96. The highest BCUT2D eigenvalue weighted by Crippen LogP contribution is 2.13. The van der Waals surface area contributed by atoms with Crippen molar-refractivity contribution >= 4 is 5.78 Å². The molecule has 11 heavy (non-hydrogen) atoms. The predicted molar refractivity (Wildman–Crippen MR) is 43.1 cm³/mol. The van der Waals surface area contributed by atoms with Crippen LogP contribution in [0.5, 0.6) is 0 Å². The zero-order chi connectivity index (χ0) is 8.10. The van der Waals surface area contributed by atoms with Crippen LogP contribution in [-0.2, 0) is 9.53 Å². The summed E-state index contributed by atoms with van der Waals surface area (Å²) in [6.45, 7) is 4.25.